The molecule has 31 heavy (non-hydrogen) atoms. The Morgan fingerprint density at radius 2 is 1.94 bits per heavy atom. The highest BCUT2D eigenvalue weighted by Crippen LogP contribution is 2.40. The van der Waals surface area contributed by atoms with Crippen LogP contribution < -0.4 is 4.74 Å². The molecule has 2 aromatic rings. The molecule has 1 unspecified atom stereocenters. The van der Waals surface area contributed by atoms with Crippen molar-refractivity contribution in [2.75, 3.05) is 26.2 Å². The Morgan fingerprint density at radius 1 is 1.19 bits per heavy atom. The highest BCUT2D eigenvalue weighted by Gasteiger charge is 2.44. The molecule has 164 valence electrons. The van der Waals surface area contributed by atoms with Gasteiger partial charge in [-0.15, -0.1) is 11.3 Å². The average molecular weight is 443 g/mol. The Balaban J connectivity index is 2.03. The minimum Gasteiger partial charge on any atom is -0.503 e. The van der Waals surface area contributed by atoms with Gasteiger partial charge in [0.15, 0.2) is 5.76 Å². The summed E-state index contributed by atoms with van der Waals surface area (Å²) in [6, 6.07) is 9.37. The van der Waals surface area contributed by atoms with Crippen LogP contribution in [0.15, 0.2) is 53.1 Å². The van der Waals surface area contributed by atoms with E-state index < -0.39 is 23.7 Å². The minimum atomic E-state index is -0.770. The third-order valence-electron chi connectivity index (χ3n) is 5.28. The van der Waals surface area contributed by atoms with Gasteiger partial charge in [0.2, 0.25) is 5.78 Å². The number of benzene rings is 1. The molecular weight excluding hydrogens is 416 g/mol. The molecule has 0 aliphatic carbocycles. The van der Waals surface area contributed by atoms with Crippen molar-refractivity contribution in [2.45, 2.75) is 26.8 Å². The third-order valence-corrected chi connectivity index (χ3v) is 6.15. The molecule has 1 aromatic carbocycles. The summed E-state index contributed by atoms with van der Waals surface area (Å²) >= 11 is 1.25. The number of ketones is 1. The van der Waals surface area contributed by atoms with Crippen molar-refractivity contribution in [2.24, 2.45) is 0 Å². The molecule has 7 nitrogen and oxygen atoms in total. The summed E-state index contributed by atoms with van der Waals surface area (Å²) < 4.78 is 5.19. The number of ether oxygens (including phenoxy) is 1. The lowest BCUT2D eigenvalue weighted by atomic mass is 9.95. The standard InChI is InChI=1S/C23H26N2O5S/c1-4-24(5-2)11-12-25-20(16-8-6-9-17(14-16)30-15(3)26)19(22(28)23(25)29)21(27)18-10-7-13-31-18/h6-10,13-14,20,28H,4-5,11-12H2,1-3H3. The number of rotatable bonds is 9. The Bertz CT molecular complexity index is 995. The summed E-state index contributed by atoms with van der Waals surface area (Å²) in [5.41, 5.74) is 0.641. The molecule has 1 amide bonds. The van der Waals surface area contributed by atoms with E-state index in [-0.39, 0.29) is 11.4 Å². The topological polar surface area (TPSA) is 87.2 Å². The molecule has 8 heteroatoms. The van der Waals surface area contributed by atoms with Crippen molar-refractivity contribution in [3.05, 3.63) is 63.6 Å². The van der Waals surface area contributed by atoms with Crippen LogP contribution in [0.3, 0.4) is 0 Å². The molecule has 0 saturated carbocycles. The molecule has 1 aliphatic heterocycles. The average Bonchev–Trinajstić information content (AvgIpc) is 3.36. The van der Waals surface area contributed by atoms with Gasteiger partial charge in [0.1, 0.15) is 5.75 Å². The summed E-state index contributed by atoms with van der Waals surface area (Å²) in [6.45, 7) is 7.98. The first-order chi connectivity index (χ1) is 14.9. The first-order valence-electron chi connectivity index (χ1n) is 10.2. The van der Waals surface area contributed by atoms with Gasteiger partial charge >= 0.3 is 5.97 Å². The number of likely N-dealkylation sites (N-methyl/N-ethyl adjacent to an activating group) is 1. The fourth-order valence-corrected chi connectivity index (χ4v) is 4.38. The van der Waals surface area contributed by atoms with Gasteiger partial charge in [-0.3, -0.25) is 14.4 Å². The second kappa shape index (κ2) is 9.89. The van der Waals surface area contributed by atoms with Gasteiger partial charge in [0.25, 0.3) is 5.91 Å². The van der Waals surface area contributed by atoms with Gasteiger partial charge in [0, 0.05) is 20.0 Å². The van der Waals surface area contributed by atoms with Crippen molar-refractivity contribution in [1.82, 2.24) is 9.80 Å². The van der Waals surface area contributed by atoms with E-state index in [4.69, 9.17) is 4.74 Å². The molecule has 0 bridgehead atoms. The van der Waals surface area contributed by atoms with Crippen LogP contribution in [0.2, 0.25) is 0 Å². The quantitative estimate of drug-likeness (QED) is 0.363. The van der Waals surface area contributed by atoms with Gasteiger partial charge in [-0.05, 0) is 42.2 Å². The molecule has 0 radical (unpaired) electrons. The zero-order chi connectivity index (χ0) is 22.5. The number of aliphatic hydroxyl groups is 1. The van der Waals surface area contributed by atoms with Crippen LogP contribution in [0, 0.1) is 0 Å². The first kappa shape index (κ1) is 22.7. The molecule has 2 heterocycles. The van der Waals surface area contributed by atoms with Crippen LogP contribution >= 0.6 is 11.3 Å². The second-order valence-corrected chi connectivity index (χ2v) is 8.11. The fraction of sp³-hybridized carbons (Fsp3) is 0.348. The molecule has 0 spiro atoms. The molecule has 0 saturated heterocycles. The van der Waals surface area contributed by atoms with E-state index in [1.807, 2.05) is 13.8 Å². The van der Waals surface area contributed by atoms with E-state index in [1.165, 1.54) is 23.2 Å². The number of aliphatic hydroxyl groups excluding tert-OH is 1. The molecule has 1 atom stereocenters. The van der Waals surface area contributed by atoms with Gasteiger partial charge in [0.05, 0.1) is 16.5 Å². The minimum absolute atomic E-state index is 0.0481. The third kappa shape index (κ3) is 4.86. The van der Waals surface area contributed by atoms with Crippen LogP contribution in [0.5, 0.6) is 5.75 Å². The maximum Gasteiger partial charge on any atom is 0.308 e. The zero-order valence-corrected chi connectivity index (χ0v) is 18.6. The van der Waals surface area contributed by atoms with E-state index in [2.05, 4.69) is 4.90 Å². The lowest BCUT2D eigenvalue weighted by Crippen LogP contribution is -2.38. The van der Waals surface area contributed by atoms with E-state index in [9.17, 15) is 19.5 Å². The molecule has 3 rings (SSSR count). The van der Waals surface area contributed by atoms with Gasteiger partial charge in [-0.2, -0.15) is 0 Å². The summed E-state index contributed by atoms with van der Waals surface area (Å²) in [5.74, 6) is -1.63. The van der Waals surface area contributed by atoms with E-state index in [0.29, 0.717) is 29.3 Å². The Morgan fingerprint density at radius 3 is 2.55 bits per heavy atom. The maximum absolute atomic E-state index is 13.2. The van der Waals surface area contributed by atoms with Crippen LogP contribution in [0.25, 0.3) is 0 Å². The SMILES string of the molecule is CCN(CC)CCN1C(=O)C(O)=C(C(=O)c2cccs2)C1c1cccc(OC(C)=O)c1. The number of hydrogen-bond acceptors (Lipinski definition) is 7. The van der Waals surface area contributed by atoms with E-state index in [0.717, 1.165) is 13.1 Å². The Hall–Kier alpha value is -2.97. The number of Topliss-reactive ketones (excluding diaryl/α,β-unsaturated/α-hetero) is 1. The molecule has 1 aromatic heterocycles. The number of hydrogen-bond donors (Lipinski definition) is 1. The van der Waals surface area contributed by atoms with E-state index >= 15 is 0 Å². The second-order valence-electron chi connectivity index (χ2n) is 7.16. The Kier molecular flexibility index (Phi) is 7.25. The predicted octanol–water partition coefficient (Wildman–Crippen LogP) is 3.59. The highest BCUT2D eigenvalue weighted by molar-refractivity contribution is 7.12. The summed E-state index contributed by atoms with van der Waals surface area (Å²) in [7, 11) is 0. The van der Waals surface area contributed by atoms with Crippen molar-refractivity contribution in [3.8, 4) is 5.75 Å². The molecule has 0 fully saturated rings. The van der Waals surface area contributed by atoms with Crippen molar-refractivity contribution in [1.29, 1.82) is 0 Å². The number of amides is 1. The normalized spacial score (nSPS) is 16.3. The fourth-order valence-electron chi connectivity index (χ4n) is 3.71. The largest absolute Gasteiger partial charge is 0.503 e. The molecule has 1 N–H and O–H groups in total. The zero-order valence-electron chi connectivity index (χ0n) is 17.8. The van der Waals surface area contributed by atoms with Gasteiger partial charge in [-0.1, -0.05) is 32.0 Å². The van der Waals surface area contributed by atoms with Crippen LogP contribution in [0.4, 0.5) is 0 Å². The van der Waals surface area contributed by atoms with Gasteiger partial charge < -0.3 is 19.6 Å². The van der Waals surface area contributed by atoms with Gasteiger partial charge in [-0.25, -0.2) is 0 Å². The Labute approximate surface area is 185 Å². The number of thiophene rings is 1. The summed E-state index contributed by atoms with van der Waals surface area (Å²) in [5, 5.41) is 12.5. The van der Waals surface area contributed by atoms with Crippen molar-refractivity contribution in [3.63, 3.8) is 0 Å². The summed E-state index contributed by atoms with van der Waals surface area (Å²) in [6.07, 6.45) is 0. The number of carbonyl (C=O) groups excluding carboxylic acids is 3. The number of nitrogens with zero attached hydrogens (tertiary/aromatic N) is 2. The maximum atomic E-state index is 13.2. The van der Waals surface area contributed by atoms with E-state index in [1.54, 1.807) is 41.8 Å². The summed E-state index contributed by atoms with van der Waals surface area (Å²) in [4.78, 5) is 41.7. The highest BCUT2D eigenvalue weighted by atomic mass is 32.1. The lowest BCUT2D eigenvalue weighted by Gasteiger charge is -2.29. The number of esters is 1. The molecular formula is C23H26N2O5S. The van der Waals surface area contributed by atoms with Crippen LogP contribution in [-0.2, 0) is 9.59 Å². The first-order valence-corrected chi connectivity index (χ1v) is 11.1. The van der Waals surface area contributed by atoms with Crippen LogP contribution in [0.1, 0.15) is 42.0 Å². The van der Waals surface area contributed by atoms with Crippen molar-refractivity contribution >= 4 is 29.0 Å². The van der Waals surface area contributed by atoms with Crippen LogP contribution in [-0.4, -0.2) is 58.7 Å². The molecule has 1 aliphatic rings. The lowest BCUT2D eigenvalue weighted by molar-refractivity contribution is -0.132. The predicted molar refractivity (Wildman–Crippen MR) is 118 cm³/mol. The monoisotopic (exact) mass is 442 g/mol. The smallest absolute Gasteiger partial charge is 0.308 e. The van der Waals surface area contributed by atoms with Crippen molar-refractivity contribution < 1.29 is 24.2 Å². The number of carbonyl (C=O) groups is 3.